The summed E-state index contributed by atoms with van der Waals surface area (Å²) < 4.78 is 5.52. The average molecular weight is 217 g/mol. The van der Waals surface area contributed by atoms with Crippen molar-refractivity contribution in [2.24, 2.45) is 0 Å². The van der Waals surface area contributed by atoms with E-state index in [1.165, 1.54) is 19.3 Å². The molecule has 0 unspecified atom stereocenters. The van der Waals surface area contributed by atoms with Gasteiger partial charge in [-0.25, -0.2) is 9.59 Å². The first kappa shape index (κ1) is 11.9. The second kappa shape index (κ2) is 5.09. The number of ether oxygens (including phenoxy) is 1. The van der Waals surface area contributed by atoms with E-state index < -0.39 is 11.9 Å². The van der Waals surface area contributed by atoms with Crippen molar-refractivity contribution in [3.8, 4) is 0 Å². The van der Waals surface area contributed by atoms with Crippen molar-refractivity contribution in [1.29, 1.82) is 0 Å². The van der Waals surface area contributed by atoms with Crippen LogP contribution in [0.15, 0.2) is 0 Å². The molecule has 2 aliphatic rings. The van der Waals surface area contributed by atoms with E-state index in [0.29, 0.717) is 5.60 Å². The van der Waals surface area contributed by atoms with Crippen molar-refractivity contribution in [3.05, 3.63) is 0 Å². The van der Waals surface area contributed by atoms with E-state index in [-0.39, 0.29) is 0 Å². The van der Waals surface area contributed by atoms with Gasteiger partial charge in [0.25, 0.3) is 0 Å². The van der Waals surface area contributed by atoms with Crippen molar-refractivity contribution in [2.45, 2.75) is 24.9 Å². The van der Waals surface area contributed by atoms with Gasteiger partial charge in [-0.2, -0.15) is 0 Å². The van der Waals surface area contributed by atoms with Gasteiger partial charge >= 0.3 is 11.9 Å². The molecule has 0 bridgehead atoms. The highest BCUT2D eigenvalue weighted by atomic mass is 16.5. The lowest BCUT2D eigenvalue weighted by Crippen LogP contribution is -2.51. The fourth-order valence-electron chi connectivity index (χ4n) is 1.67. The smallest absolute Gasteiger partial charge is 0.414 e. The second-order valence-corrected chi connectivity index (χ2v) is 3.64. The van der Waals surface area contributed by atoms with E-state index in [2.05, 4.69) is 5.32 Å². The van der Waals surface area contributed by atoms with E-state index in [0.717, 1.165) is 19.7 Å². The highest BCUT2D eigenvalue weighted by molar-refractivity contribution is 6.27. The summed E-state index contributed by atoms with van der Waals surface area (Å²) >= 11 is 0. The molecule has 0 saturated carbocycles. The summed E-state index contributed by atoms with van der Waals surface area (Å²) in [6.07, 6.45) is 3.76. The fourth-order valence-corrected chi connectivity index (χ4v) is 1.67. The summed E-state index contributed by atoms with van der Waals surface area (Å²) in [5.41, 5.74) is 0.339. The number of carboxylic acid groups (broad SMARTS) is 2. The molecule has 0 aromatic heterocycles. The molecule has 2 heterocycles. The van der Waals surface area contributed by atoms with Gasteiger partial charge in [-0.1, -0.05) is 0 Å². The molecule has 15 heavy (non-hydrogen) atoms. The largest absolute Gasteiger partial charge is 0.473 e. The van der Waals surface area contributed by atoms with Gasteiger partial charge in [0.2, 0.25) is 0 Å². The highest BCUT2D eigenvalue weighted by Gasteiger charge is 2.38. The van der Waals surface area contributed by atoms with Gasteiger partial charge in [0, 0.05) is 0 Å². The van der Waals surface area contributed by atoms with Crippen LogP contribution in [-0.2, 0) is 14.3 Å². The van der Waals surface area contributed by atoms with E-state index in [1.807, 2.05) is 0 Å². The van der Waals surface area contributed by atoms with Crippen LogP contribution in [0.2, 0.25) is 0 Å². The molecule has 2 rings (SSSR count). The molecule has 0 aromatic carbocycles. The van der Waals surface area contributed by atoms with Crippen molar-refractivity contribution >= 4 is 11.9 Å². The van der Waals surface area contributed by atoms with Crippen LogP contribution in [0.25, 0.3) is 0 Å². The summed E-state index contributed by atoms with van der Waals surface area (Å²) in [6, 6.07) is 0. The minimum Gasteiger partial charge on any atom is -0.473 e. The van der Waals surface area contributed by atoms with Crippen LogP contribution in [-0.4, -0.2) is 47.4 Å². The fraction of sp³-hybridized carbons (Fsp3) is 0.778. The number of carbonyl (C=O) groups is 2. The Labute approximate surface area is 87.2 Å². The lowest BCUT2D eigenvalue weighted by molar-refractivity contribution is -0.160. The molecular weight excluding hydrogens is 202 g/mol. The van der Waals surface area contributed by atoms with Crippen LogP contribution in [0.3, 0.4) is 0 Å². The quantitative estimate of drug-likeness (QED) is 0.481. The molecule has 0 aromatic rings. The number of piperidine rings is 1. The Morgan fingerprint density at radius 2 is 1.53 bits per heavy atom. The molecule has 2 aliphatic heterocycles. The zero-order valence-electron chi connectivity index (χ0n) is 8.36. The van der Waals surface area contributed by atoms with E-state index in [1.54, 1.807) is 0 Å². The van der Waals surface area contributed by atoms with Gasteiger partial charge in [0.15, 0.2) is 0 Å². The monoisotopic (exact) mass is 217 g/mol. The third-order valence-electron chi connectivity index (χ3n) is 2.66. The number of rotatable bonds is 0. The third-order valence-corrected chi connectivity index (χ3v) is 2.66. The topological polar surface area (TPSA) is 95.9 Å². The maximum absolute atomic E-state index is 9.10. The maximum Gasteiger partial charge on any atom is 0.414 e. The zero-order chi connectivity index (χ0) is 11.3. The molecule has 86 valence electrons. The van der Waals surface area contributed by atoms with Gasteiger partial charge in [-0.05, 0) is 32.4 Å². The Balaban J connectivity index is 0.000000167. The van der Waals surface area contributed by atoms with Crippen LogP contribution in [0.4, 0.5) is 0 Å². The molecule has 0 amide bonds. The van der Waals surface area contributed by atoms with Crippen molar-refractivity contribution < 1.29 is 24.5 Å². The van der Waals surface area contributed by atoms with Crippen LogP contribution in [0.5, 0.6) is 0 Å². The zero-order valence-corrected chi connectivity index (χ0v) is 8.36. The van der Waals surface area contributed by atoms with Gasteiger partial charge in [-0.15, -0.1) is 0 Å². The van der Waals surface area contributed by atoms with Crippen LogP contribution >= 0.6 is 0 Å². The van der Waals surface area contributed by atoms with Crippen molar-refractivity contribution in [2.75, 3.05) is 19.7 Å². The first-order chi connectivity index (χ1) is 7.06. The second-order valence-electron chi connectivity index (χ2n) is 3.64. The molecule has 0 atom stereocenters. The molecule has 0 radical (unpaired) electrons. The Morgan fingerprint density at radius 3 is 1.73 bits per heavy atom. The van der Waals surface area contributed by atoms with Gasteiger partial charge in [-0.3, -0.25) is 0 Å². The summed E-state index contributed by atoms with van der Waals surface area (Å²) in [4.78, 5) is 18.2. The molecule has 0 aliphatic carbocycles. The number of carboxylic acids is 2. The average Bonchev–Trinajstić information content (AvgIpc) is 2.17. The van der Waals surface area contributed by atoms with Crippen molar-refractivity contribution in [1.82, 2.24) is 5.32 Å². The number of hydrogen-bond acceptors (Lipinski definition) is 4. The van der Waals surface area contributed by atoms with Crippen LogP contribution < -0.4 is 5.32 Å². The Bertz CT molecular complexity index is 229. The number of hydrogen-bond donors (Lipinski definition) is 3. The lowest BCUT2D eigenvalue weighted by atomic mass is 9.85. The number of aliphatic carboxylic acids is 2. The SMILES string of the molecule is C1CC2(CCN1)CCO2.O=C(O)C(=O)O. The first-order valence-corrected chi connectivity index (χ1v) is 4.87. The molecule has 3 N–H and O–H groups in total. The molecule has 6 heteroatoms. The molecular formula is C9H15NO5. The first-order valence-electron chi connectivity index (χ1n) is 4.87. The predicted octanol–water partition coefficient (Wildman–Crippen LogP) is -0.315. The molecule has 6 nitrogen and oxygen atoms in total. The molecule has 1 spiro atoms. The summed E-state index contributed by atoms with van der Waals surface area (Å²) in [6.45, 7) is 3.31. The summed E-state index contributed by atoms with van der Waals surface area (Å²) in [5.74, 6) is -3.65. The third kappa shape index (κ3) is 3.49. The van der Waals surface area contributed by atoms with Crippen LogP contribution in [0, 0.1) is 0 Å². The maximum atomic E-state index is 9.10. The van der Waals surface area contributed by atoms with E-state index >= 15 is 0 Å². The minimum absolute atomic E-state index is 0.339. The molecule has 2 saturated heterocycles. The standard InChI is InChI=1S/C7H13NO.C2H2O4/c1-4-8-5-2-7(1)3-6-9-7;3-1(4)2(5)6/h8H,1-6H2;(H,3,4)(H,5,6). The van der Waals surface area contributed by atoms with Gasteiger partial charge in [0.1, 0.15) is 0 Å². The lowest BCUT2D eigenvalue weighted by Gasteiger charge is -2.44. The van der Waals surface area contributed by atoms with Crippen LogP contribution in [0.1, 0.15) is 19.3 Å². The molecule has 2 fully saturated rings. The highest BCUT2D eigenvalue weighted by Crippen LogP contribution is 2.34. The Morgan fingerprint density at radius 1 is 1.07 bits per heavy atom. The predicted molar refractivity (Wildman–Crippen MR) is 50.7 cm³/mol. The van der Waals surface area contributed by atoms with Gasteiger partial charge < -0.3 is 20.3 Å². The van der Waals surface area contributed by atoms with Gasteiger partial charge in [0.05, 0.1) is 12.2 Å². The van der Waals surface area contributed by atoms with E-state index in [4.69, 9.17) is 24.5 Å². The normalized spacial score (nSPS) is 22.1. The number of nitrogens with one attached hydrogen (secondary N) is 1. The summed E-state index contributed by atoms with van der Waals surface area (Å²) in [7, 11) is 0. The van der Waals surface area contributed by atoms with Crippen molar-refractivity contribution in [3.63, 3.8) is 0 Å². The van der Waals surface area contributed by atoms with E-state index in [9.17, 15) is 0 Å². The Kier molecular flexibility index (Phi) is 4.05. The minimum atomic E-state index is -1.82. The Hall–Kier alpha value is -1.14. The summed E-state index contributed by atoms with van der Waals surface area (Å²) in [5, 5.41) is 18.1.